The van der Waals surface area contributed by atoms with Crippen LogP contribution in [-0.4, -0.2) is 41.9 Å². The molecule has 0 aliphatic heterocycles. The number of hydrogen-bond acceptors (Lipinski definition) is 6. The Hall–Kier alpha value is -3.70. The highest BCUT2D eigenvalue weighted by molar-refractivity contribution is 7.12. The minimum atomic E-state index is -0.779. The summed E-state index contributed by atoms with van der Waals surface area (Å²) in [5.41, 5.74) is 3.00. The summed E-state index contributed by atoms with van der Waals surface area (Å²) in [6.45, 7) is 12.0. The number of nitrogens with one attached hydrogen (secondary N) is 2. The van der Waals surface area contributed by atoms with Crippen LogP contribution in [0.1, 0.15) is 70.9 Å². The second kappa shape index (κ2) is 19.4. The predicted molar refractivity (Wildman–Crippen MR) is 161 cm³/mol. The number of aldehydes is 1. The number of pyridine rings is 1. The monoisotopic (exact) mass is 593 g/mol. The summed E-state index contributed by atoms with van der Waals surface area (Å²) in [6.07, 6.45) is 4.07. The van der Waals surface area contributed by atoms with E-state index in [4.69, 9.17) is 9.90 Å². The molecule has 0 bridgehead atoms. The molecule has 1 unspecified atom stereocenters. The van der Waals surface area contributed by atoms with Gasteiger partial charge < -0.3 is 25.1 Å². The number of rotatable bonds is 7. The maximum atomic E-state index is 14.1. The van der Waals surface area contributed by atoms with Crippen molar-refractivity contribution in [1.29, 1.82) is 0 Å². The van der Waals surface area contributed by atoms with Crippen LogP contribution in [0.5, 0.6) is 0 Å². The quantitative estimate of drug-likeness (QED) is 0.302. The highest BCUT2D eigenvalue weighted by Crippen LogP contribution is 2.37. The number of halogens is 2. The second-order valence-electron chi connectivity index (χ2n) is 8.85. The molecule has 1 aromatic carbocycles. The molecule has 0 aliphatic rings. The number of carbonyl (C=O) groups is 3. The van der Waals surface area contributed by atoms with Gasteiger partial charge in [0.25, 0.3) is 17.9 Å². The van der Waals surface area contributed by atoms with Gasteiger partial charge in [-0.3, -0.25) is 14.4 Å². The molecule has 0 radical (unpaired) electrons. The molecule has 1 amide bonds. The summed E-state index contributed by atoms with van der Waals surface area (Å²) in [4.78, 5) is 43.4. The van der Waals surface area contributed by atoms with Crippen LogP contribution < -0.4 is 16.2 Å². The molecule has 1 atom stereocenters. The van der Waals surface area contributed by atoms with Gasteiger partial charge in [0.15, 0.2) is 11.6 Å². The fourth-order valence-electron chi connectivity index (χ4n) is 3.80. The molecule has 0 saturated heterocycles. The maximum Gasteiger partial charge on any atom is 0.290 e. The van der Waals surface area contributed by atoms with Gasteiger partial charge in [-0.1, -0.05) is 27.2 Å². The van der Waals surface area contributed by atoms with Crippen molar-refractivity contribution in [1.82, 2.24) is 15.2 Å². The van der Waals surface area contributed by atoms with Gasteiger partial charge in [-0.2, -0.15) is 0 Å². The number of benzene rings is 1. The minimum Gasteiger partial charge on any atom is -0.483 e. The van der Waals surface area contributed by atoms with Crippen molar-refractivity contribution in [3.63, 3.8) is 0 Å². The van der Waals surface area contributed by atoms with E-state index in [1.165, 1.54) is 28.0 Å². The topological polar surface area (TPSA) is 118 Å². The zero-order valence-electron chi connectivity index (χ0n) is 24.9. The maximum absolute atomic E-state index is 14.1. The summed E-state index contributed by atoms with van der Waals surface area (Å²) in [6, 6.07) is 5.92. The van der Waals surface area contributed by atoms with Crippen LogP contribution in [0.3, 0.4) is 0 Å². The number of aromatic nitrogens is 1. The van der Waals surface area contributed by atoms with Crippen LogP contribution >= 0.6 is 11.3 Å². The van der Waals surface area contributed by atoms with Gasteiger partial charge in [0.05, 0.1) is 6.54 Å². The van der Waals surface area contributed by atoms with E-state index in [2.05, 4.69) is 31.4 Å². The smallest absolute Gasteiger partial charge is 0.290 e. The van der Waals surface area contributed by atoms with Crippen LogP contribution in [0.2, 0.25) is 0 Å². The van der Waals surface area contributed by atoms with Crippen LogP contribution in [-0.2, 0) is 16.6 Å². The third kappa shape index (κ3) is 11.0. The normalized spacial score (nSPS) is 10.5. The third-order valence-corrected chi connectivity index (χ3v) is 6.88. The first kappa shape index (κ1) is 37.3. The van der Waals surface area contributed by atoms with Gasteiger partial charge >= 0.3 is 0 Å². The lowest BCUT2D eigenvalue weighted by Crippen LogP contribution is -2.32. The van der Waals surface area contributed by atoms with E-state index in [1.807, 2.05) is 20.8 Å². The van der Waals surface area contributed by atoms with E-state index in [1.54, 1.807) is 43.8 Å². The van der Waals surface area contributed by atoms with Crippen molar-refractivity contribution in [2.75, 3.05) is 13.6 Å². The van der Waals surface area contributed by atoms with Crippen LogP contribution in [0.4, 0.5) is 8.78 Å². The Kier molecular flexibility index (Phi) is 17.6. The summed E-state index contributed by atoms with van der Waals surface area (Å²) in [5, 5.41) is 12.2. The van der Waals surface area contributed by atoms with Crippen molar-refractivity contribution in [3.8, 4) is 11.1 Å². The minimum absolute atomic E-state index is 0.0388. The van der Waals surface area contributed by atoms with Gasteiger partial charge in [-0.25, -0.2) is 8.78 Å². The molecule has 2 heterocycles. The molecule has 8 nitrogen and oxygen atoms in total. The zero-order chi connectivity index (χ0) is 31.7. The van der Waals surface area contributed by atoms with E-state index < -0.39 is 17.5 Å². The van der Waals surface area contributed by atoms with Crippen molar-refractivity contribution >= 4 is 30.0 Å². The highest BCUT2D eigenvalue weighted by Gasteiger charge is 2.20. The van der Waals surface area contributed by atoms with E-state index in [9.17, 15) is 23.2 Å². The van der Waals surface area contributed by atoms with Gasteiger partial charge in [0.2, 0.25) is 0 Å². The molecule has 3 N–H and O–H groups in total. The zero-order valence-corrected chi connectivity index (χ0v) is 25.7. The first-order valence-electron chi connectivity index (χ1n) is 13.1. The van der Waals surface area contributed by atoms with Crippen LogP contribution in [0, 0.1) is 32.4 Å². The number of carbonyl (C=O) groups excluding carboxylic acids is 2. The number of hydrogen-bond donors (Lipinski definition) is 3. The van der Waals surface area contributed by atoms with E-state index in [-0.39, 0.29) is 30.2 Å². The number of aryl methyl sites for hydroxylation is 3. The van der Waals surface area contributed by atoms with E-state index in [0.717, 1.165) is 21.6 Å². The Bertz CT molecular complexity index is 1330. The summed E-state index contributed by atoms with van der Waals surface area (Å²) in [7, 11) is 3.32. The lowest BCUT2D eigenvalue weighted by Gasteiger charge is -2.17. The Morgan fingerprint density at radius 3 is 2.17 bits per heavy atom. The van der Waals surface area contributed by atoms with E-state index >= 15 is 0 Å². The Balaban J connectivity index is 0.000000690. The van der Waals surface area contributed by atoms with Crippen LogP contribution in [0.15, 0.2) is 35.3 Å². The molecular formula is C30H41F2N3O5S. The highest BCUT2D eigenvalue weighted by atomic mass is 32.1. The molecule has 11 heteroatoms. The van der Waals surface area contributed by atoms with Gasteiger partial charge in [0.1, 0.15) is 11.8 Å². The first-order chi connectivity index (χ1) is 19.4. The van der Waals surface area contributed by atoms with Gasteiger partial charge in [-0.15, -0.1) is 11.3 Å². The predicted octanol–water partition coefficient (Wildman–Crippen LogP) is 5.72. The Morgan fingerprint density at radius 2 is 1.71 bits per heavy atom. The number of carboxylic acid groups (broad SMARTS) is 1. The molecule has 0 fully saturated rings. The average Bonchev–Trinajstić information content (AvgIpc) is 3.19. The van der Waals surface area contributed by atoms with Crippen molar-refractivity contribution in [2.24, 2.45) is 7.05 Å². The average molecular weight is 594 g/mol. The molecule has 3 rings (SSSR count). The van der Waals surface area contributed by atoms with Crippen LogP contribution in [0.25, 0.3) is 11.1 Å². The molecule has 0 saturated carbocycles. The van der Waals surface area contributed by atoms with Crippen molar-refractivity contribution < 1.29 is 28.3 Å². The summed E-state index contributed by atoms with van der Waals surface area (Å²) in [5.74, 6) is -2.06. The number of thiophene rings is 1. The molecule has 226 valence electrons. The molecular weight excluding hydrogens is 552 g/mol. The second-order valence-corrected chi connectivity index (χ2v) is 10.3. The largest absolute Gasteiger partial charge is 0.483 e. The Morgan fingerprint density at radius 1 is 1.12 bits per heavy atom. The Labute approximate surface area is 244 Å². The van der Waals surface area contributed by atoms with Gasteiger partial charge in [0, 0.05) is 34.6 Å². The molecule has 3 aromatic rings. The fraction of sp³-hybridized carbons (Fsp3) is 0.400. The summed E-state index contributed by atoms with van der Waals surface area (Å²) < 4.78 is 29.4. The molecule has 0 aliphatic carbocycles. The lowest BCUT2D eigenvalue weighted by atomic mass is 9.95. The molecule has 2 aromatic heterocycles. The van der Waals surface area contributed by atoms with Crippen molar-refractivity contribution in [2.45, 2.75) is 60.4 Å². The third-order valence-electron chi connectivity index (χ3n) is 5.75. The SMILES string of the molecule is CCC.CCC(NC)c1cc(-c2c(C)sc(C)c2C)cc(F)c1F.Cn1cccc(C(=O)NCC=O)c1=O.O=CO. The number of amides is 1. The van der Waals surface area contributed by atoms with E-state index in [0.29, 0.717) is 18.3 Å². The number of nitrogens with zero attached hydrogens (tertiary/aromatic N) is 1. The van der Waals surface area contributed by atoms with Crippen molar-refractivity contribution in [3.05, 3.63) is 78.9 Å². The molecule has 0 spiro atoms. The standard InChI is InChI=1S/C17H21F2NS.C9H10N2O3.C3H8.CH2O2/c1-6-15(20-5)13-7-12(8-14(18)17(13)19)16-9(2)10(3)21-11(16)4;1-11-5-2-3-7(9(11)14)8(13)10-4-6-12;1-3-2;2-1-3/h7-8,15,20H,6H2,1-5H3;2-3,5-6H,4H2,1H3,(H,10,13);3H2,1-2H3;1H,(H,2,3). The first-order valence-corrected chi connectivity index (χ1v) is 13.9. The lowest BCUT2D eigenvalue weighted by molar-refractivity contribution is -0.122. The van der Waals surface area contributed by atoms with Gasteiger partial charge in [-0.05, 0) is 75.2 Å². The molecule has 41 heavy (non-hydrogen) atoms. The fourth-order valence-corrected chi connectivity index (χ4v) is 4.89. The summed E-state index contributed by atoms with van der Waals surface area (Å²) >= 11 is 1.69.